The number of hydrogen-bond donors (Lipinski definition) is 2. The quantitative estimate of drug-likeness (QED) is 0.814. The molecule has 1 aromatic rings. The maximum atomic E-state index is 12.2. The van der Waals surface area contributed by atoms with Crippen LogP contribution in [0.25, 0.3) is 0 Å². The largest absolute Gasteiger partial charge is 0.508 e. The van der Waals surface area contributed by atoms with Crippen molar-refractivity contribution in [1.29, 1.82) is 0 Å². The van der Waals surface area contributed by atoms with Crippen LogP contribution in [0.5, 0.6) is 5.75 Å². The zero-order valence-electron chi connectivity index (χ0n) is 10.3. The minimum atomic E-state index is -0.521. The highest BCUT2D eigenvalue weighted by atomic mass is 16.3. The molecule has 5 heteroatoms. The van der Waals surface area contributed by atoms with Gasteiger partial charge in [0.1, 0.15) is 17.5 Å². The first-order chi connectivity index (χ1) is 9.15. The number of piperazine rings is 1. The number of phenolic OH excluding ortho intramolecular Hbond substituents is 1. The number of aromatic hydroxyl groups is 1. The van der Waals surface area contributed by atoms with E-state index in [1.807, 2.05) is 0 Å². The van der Waals surface area contributed by atoms with Gasteiger partial charge in [0.05, 0.1) is 0 Å². The normalized spacial score (nSPS) is 22.0. The van der Waals surface area contributed by atoms with Crippen molar-refractivity contribution in [3.05, 3.63) is 41.6 Å². The Kier molecular flexibility index (Phi) is 2.74. The number of phenols is 1. The van der Waals surface area contributed by atoms with Crippen LogP contribution in [0.4, 0.5) is 0 Å². The van der Waals surface area contributed by atoms with E-state index < -0.39 is 6.04 Å². The predicted octanol–water partition coefficient (Wildman–Crippen LogP) is 0.549. The summed E-state index contributed by atoms with van der Waals surface area (Å²) in [5, 5.41) is 12.0. The van der Waals surface area contributed by atoms with Gasteiger partial charge in [0.25, 0.3) is 5.91 Å². The molecule has 1 atom stereocenters. The van der Waals surface area contributed by atoms with Gasteiger partial charge in [-0.3, -0.25) is 9.59 Å². The Bertz CT molecular complexity index is 563. The Morgan fingerprint density at radius 1 is 1.26 bits per heavy atom. The van der Waals surface area contributed by atoms with Gasteiger partial charge < -0.3 is 15.3 Å². The lowest BCUT2D eigenvalue weighted by Gasteiger charge is -2.31. The first-order valence-corrected chi connectivity index (χ1v) is 6.25. The summed E-state index contributed by atoms with van der Waals surface area (Å²) >= 11 is 0. The molecule has 2 aliphatic rings. The van der Waals surface area contributed by atoms with Gasteiger partial charge >= 0.3 is 0 Å². The molecule has 0 aromatic heterocycles. The van der Waals surface area contributed by atoms with Gasteiger partial charge in [-0.05, 0) is 24.1 Å². The Hall–Kier alpha value is -2.30. The first kappa shape index (κ1) is 11.8. The summed E-state index contributed by atoms with van der Waals surface area (Å²) in [5.41, 5.74) is 1.38. The van der Waals surface area contributed by atoms with Gasteiger partial charge in [0.2, 0.25) is 5.91 Å². The molecule has 2 amide bonds. The number of amides is 2. The number of rotatable bonds is 2. The van der Waals surface area contributed by atoms with Crippen molar-refractivity contribution in [1.82, 2.24) is 10.2 Å². The van der Waals surface area contributed by atoms with Gasteiger partial charge in [-0.1, -0.05) is 18.2 Å². The van der Waals surface area contributed by atoms with E-state index in [1.165, 1.54) is 0 Å². The third kappa shape index (κ3) is 2.07. The average molecular weight is 258 g/mol. The van der Waals surface area contributed by atoms with E-state index in [-0.39, 0.29) is 17.6 Å². The standard InChI is InChI=1S/C14H14N2O3/c17-10-5-3-9(4-6-10)8-11-14(19)16-7-1-2-12(16)13(18)15-11/h2-6,11,17H,1,7-8H2,(H,15,18). The van der Waals surface area contributed by atoms with Crippen LogP contribution in [0.2, 0.25) is 0 Å². The lowest BCUT2D eigenvalue weighted by atomic mass is 10.0. The van der Waals surface area contributed by atoms with Crippen molar-refractivity contribution in [3.63, 3.8) is 0 Å². The highest BCUT2D eigenvalue weighted by Crippen LogP contribution is 2.22. The lowest BCUT2D eigenvalue weighted by Crippen LogP contribution is -2.56. The first-order valence-electron chi connectivity index (χ1n) is 6.25. The monoisotopic (exact) mass is 258 g/mol. The second kappa shape index (κ2) is 4.42. The summed E-state index contributed by atoms with van der Waals surface area (Å²) in [6.07, 6.45) is 2.97. The molecule has 19 heavy (non-hydrogen) atoms. The Morgan fingerprint density at radius 2 is 2.00 bits per heavy atom. The predicted molar refractivity (Wildman–Crippen MR) is 68.2 cm³/mol. The molecular weight excluding hydrogens is 244 g/mol. The van der Waals surface area contributed by atoms with Crippen molar-refractivity contribution < 1.29 is 14.7 Å². The third-order valence-electron chi connectivity index (χ3n) is 3.46. The summed E-state index contributed by atoms with van der Waals surface area (Å²) in [5.74, 6) is -0.0511. The minimum Gasteiger partial charge on any atom is -0.508 e. The molecule has 2 aliphatic heterocycles. The number of hydrogen-bond acceptors (Lipinski definition) is 3. The molecule has 3 rings (SSSR count). The van der Waals surface area contributed by atoms with E-state index in [0.29, 0.717) is 18.7 Å². The van der Waals surface area contributed by atoms with Gasteiger partial charge in [-0.2, -0.15) is 0 Å². The number of fused-ring (bicyclic) bond motifs is 1. The Balaban J connectivity index is 1.78. The van der Waals surface area contributed by atoms with Crippen LogP contribution in [-0.2, 0) is 16.0 Å². The molecule has 5 nitrogen and oxygen atoms in total. The number of carbonyl (C=O) groups is 2. The molecule has 0 bridgehead atoms. The van der Waals surface area contributed by atoms with Gasteiger partial charge in [-0.15, -0.1) is 0 Å². The molecular formula is C14H14N2O3. The van der Waals surface area contributed by atoms with Crippen LogP contribution in [0.1, 0.15) is 12.0 Å². The minimum absolute atomic E-state index is 0.0589. The van der Waals surface area contributed by atoms with Crippen LogP contribution in [0, 0.1) is 0 Å². The topological polar surface area (TPSA) is 69.6 Å². The van der Waals surface area contributed by atoms with Crippen LogP contribution >= 0.6 is 0 Å². The summed E-state index contributed by atoms with van der Waals surface area (Å²) in [7, 11) is 0. The second-order valence-electron chi connectivity index (χ2n) is 4.76. The smallest absolute Gasteiger partial charge is 0.268 e. The summed E-state index contributed by atoms with van der Waals surface area (Å²) in [6, 6.07) is 6.14. The van der Waals surface area contributed by atoms with E-state index in [0.717, 1.165) is 12.0 Å². The number of benzene rings is 1. The molecule has 0 spiro atoms. The SMILES string of the molecule is O=C1NC(Cc2ccc(O)cc2)C(=O)N2CCC=C12. The summed E-state index contributed by atoms with van der Waals surface area (Å²) < 4.78 is 0. The summed E-state index contributed by atoms with van der Waals surface area (Å²) in [6.45, 7) is 0.591. The van der Waals surface area contributed by atoms with Crippen molar-refractivity contribution in [2.45, 2.75) is 18.9 Å². The molecule has 0 aliphatic carbocycles. The number of carbonyl (C=O) groups excluding carboxylic acids is 2. The molecule has 2 heterocycles. The Labute approximate surface area is 110 Å². The van der Waals surface area contributed by atoms with Crippen molar-refractivity contribution in [3.8, 4) is 5.75 Å². The van der Waals surface area contributed by atoms with Crippen LogP contribution in [0.15, 0.2) is 36.0 Å². The third-order valence-corrected chi connectivity index (χ3v) is 3.46. The zero-order chi connectivity index (χ0) is 13.4. The van der Waals surface area contributed by atoms with Crippen molar-refractivity contribution in [2.24, 2.45) is 0 Å². The summed E-state index contributed by atoms with van der Waals surface area (Å²) in [4.78, 5) is 25.7. The molecule has 1 unspecified atom stereocenters. The van der Waals surface area contributed by atoms with Crippen LogP contribution in [0.3, 0.4) is 0 Å². The van der Waals surface area contributed by atoms with Crippen LogP contribution in [-0.4, -0.2) is 34.4 Å². The van der Waals surface area contributed by atoms with E-state index in [2.05, 4.69) is 5.32 Å². The van der Waals surface area contributed by atoms with E-state index in [4.69, 9.17) is 0 Å². The van der Waals surface area contributed by atoms with E-state index in [9.17, 15) is 14.7 Å². The molecule has 98 valence electrons. The number of nitrogens with one attached hydrogen (secondary N) is 1. The highest BCUT2D eigenvalue weighted by molar-refractivity contribution is 6.05. The van der Waals surface area contributed by atoms with E-state index >= 15 is 0 Å². The highest BCUT2D eigenvalue weighted by Gasteiger charge is 2.38. The maximum absolute atomic E-state index is 12.2. The Morgan fingerprint density at radius 3 is 2.74 bits per heavy atom. The van der Waals surface area contributed by atoms with Gasteiger partial charge in [-0.25, -0.2) is 0 Å². The fraction of sp³-hybridized carbons (Fsp3) is 0.286. The fourth-order valence-electron chi connectivity index (χ4n) is 2.49. The van der Waals surface area contributed by atoms with Gasteiger partial charge in [0.15, 0.2) is 0 Å². The van der Waals surface area contributed by atoms with E-state index in [1.54, 1.807) is 35.2 Å². The van der Waals surface area contributed by atoms with Crippen LogP contribution < -0.4 is 5.32 Å². The van der Waals surface area contributed by atoms with Crippen molar-refractivity contribution >= 4 is 11.8 Å². The second-order valence-corrected chi connectivity index (χ2v) is 4.76. The molecule has 0 saturated carbocycles. The van der Waals surface area contributed by atoms with Crippen molar-refractivity contribution in [2.75, 3.05) is 6.54 Å². The molecule has 1 aromatic carbocycles. The fourth-order valence-corrected chi connectivity index (χ4v) is 2.49. The average Bonchev–Trinajstić information content (AvgIpc) is 2.88. The van der Waals surface area contributed by atoms with Gasteiger partial charge in [0, 0.05) is 13.0 Å². The molecule has 1 fully saturated rings. The lowest BCUT2D eigenvalue weighted by molar-refractivity contribution is -0.139. The number of nitrogens with zero attached hydrogens (tertiary/aromatic N) is 1. The molecule has 0 radical (unpaired) electrons. The molecule has 1 saturated heterocycles. The maximum Gasteiger partial charge on any atom is 0.268 e. The zero-order valence-corrected chi connectivity index (χ0v) is 10.3. The molecule has 2 N–H and O–H groups in total.